The topological polar surface area (TPSA) is 38.1 Å². The fourth-order valence-electron chi connectivity index (χ4n) is 3.84. The number of rotatable bonds is 1. The molecule has 1 aliphatic heterocycles. The zero-order valence-corrected chi connectivity index (χ0v) is 14.0. The molecule has 1 spiro atoms. The Morgan fingerprint density at radius 2 is 1.91 bits per heavy atom. The van der Waals surface area contributed by atoms with Crippen molar-refractivity contribution in [1.29, 1.82) is 0 Å². The molecule has 4 rings (SSSR count). The molecule has 0 amide bonds. The Bertz CT molecular complexity index is 842. The monoisotopic (exact) mass is 349 g/mol. The summed E-state index contributed by atoms with van der Waals surface area (Å²) in [7, 11) is 0. The fourth-order valence-corrected chi connectivity index (χ4v) is 4.24. The standard InChI is InChI=1S/C17H14Cl2FN3/c1-9-17(4-2-3-5-17)11-6-10(7-12(18)15(11)22-9)14-13(20)8-21-16(19)23-14/h6-8H,2-5H2,1H3. The first-order valence-corrected chi connectivity index (χ1v) is 8.35. The molecule has 2 heterocycles. The minimum Gasteiger partial charge on any atom is -0.255 e. The van der Waals surface area contributed by atoms with E-state index in [4.69, 9.17) is 28.2 Å². The van der Waals surface area contributed by atoms with Gasteiger partial charge in [0.1, 0.15) is 5.69 Å². The zero-order chi connectivity index (χ0) is 16.2. The number of aromatic nitrogens is 2. The van der Waals surface area contributed by atoms with Crippen LogP contribution >= 0.6 is 23.2 Å². The summed E-state index contributed by atoms with van der Waals surface area (Å²) in [5.41, 5.74) is 3.74. The Hall–Kier alpha value is -1.52. The lowest BCUT2D eigenvalue weighted by Gasteiger charge is -2.25. The molecule has 0 saturated heterocycles. The molecule has 1 saturated carbocycles. The van der Waals surface area contributed by atoms with E-state index in [1.807, 2.05) is 6.07 Å². The Morgan fingerprint density at radius 1 is 1.17 bits per heavy atom. The molecule has 0 radical (unpaired) electrons. The van der Waals surface area contributed by atoms with Gasteiger partial charge in [0, 0.05) is 16.7 Å². The van der Waals surface area contributed by atoms with Crippen LogP contribution in [0.4, 0.5) is 10.1 Å². The fraction of sp³-hybridized carbons (Fsp3) is 0.353. The van der Waals surface area contributed by atoms with E-state index in [1.54, 1.807) is 6.07 Å². The lowest BCUT2D eigenvalue weighted by Crippen LogP contribution is -2.27. The lowest BCUT2D eigenvalue weighted by molar-refractivity contribution is 0.608. The van der Waals surface area contributed by atoms with Gasteiger partial charge in [-0.25, -0.2) is 14.4 Å². The highest BCUT2D eigenvalue weighted by Crippen LogP contribution is 2.53. The molecule has 0 unspecified atom stereocenters. The molecule has 1 aromatic heterocycles. The van der Waals surface area contributed by atoms with Gasteiger partial charge in [-0.05, 0) is 49.1 Å². The van der Waals surface area contributed by atoms with Crippen molar-refractivity contribution in [3.05, 3.63) is 40.0 Å². The van der Waals surface area contributed by atoms with Crippen molar-refractivity contribution in [2.45, 2.75) is 38.0 Å². The van der Waals surface area contributed by atoms with Crippen LogP contribution in [-0.2, 0) is 5.41 Å². The first kappa shape index (κ1) is 15.0. The summed E-state index contributed by atoms with van der Waals surface area (Å²) < 4.78 is 14.1. The molecule has 23 heavy (non-hydrogen) atoms. The van der Waals surface area contributed by atoms with Crippen LogP contribution in [0.2, 0.25) is 10.3 Å². The largest absolute Gasteiger partial charge is 0.255 e. The first-order chi connectivity index (χ1) is 11.0. The molecule has 1 aliphatic carbocycles. The van der Waals surface area contributed by atoms with Gasteiger partial charge < -0.3 is 0 Å². The van der Waals surface area contributed by atoms with E-state index in [-0.39, 0.29) is 16.4 Å². The van der Waals surface area contributed by atoms with Gasteiger partial charge in [-0.1, -0.05) is 24.4 Å². The van der Waals surface area contributed by atoms with Gasteiger partial charge in [0.2, 0.25) is 5.28 Å². The number of hydrogen-bond donors (Lipinski definition) is 0. The highest BCUT2D eigenvalue weighted by Gasteiger charge is 2.44. The van der Waals surface area contributed by atoms with Crippen LogP contribution in [0, 0.1) is 5.82 Å². The Kier molecular flexibility index (Phi) is 3.43. The number of aliphatic imine (C=N–C) groups is 1. The number of nitrogens with zero attached hydrogens (tertiary/aromatic N) is 3. The Morgan fingerprint density at radius 3 is 2.65 bits per heavy atom. The van der Waals surface area contributed by atoms with Crippen molar-refractivity contribution < 1.29 is 4.39 Å². The molecule has 0 atom stereocenters. The highest BCUT2D eigenvalue weighted by atomic mass is 35.5. The smallest absolute Gasteiger partial charge is 0.223 e. The molecule has 0 bridgehead atoms. The average molecular weight is 350 g/mol. The van der Waals surface area contributed by atoms with Gasteiger partial charge in [-0.3, -0.25) is 4.99 Å². The van der Waals surface area contributed by atoms with Crippen LogP contribution in [0.1, 0.15) is 38.2 Å². The molecular weight excluding hydrogens is 336 g/mol. The van der Waals surface area contributed by atoms with E-state index in [1.165, 1.54) is 12.8 Å². The Labute approximate surface area is 143 Å². The van der Waals surface area contributed by atoms with E-state index >= 15 is 0 Å². The molecule has 0 N–H and O–H groups in total. The number of hydrogen-bond acceptors (Lipinski definition) is 3. The molecule has 2 aliphatic rings. The quantitative estimate of drug-likeness (QED) is 0.636. The van der Waals surface area contributed by atoms with Crippen LogP contribution in [-0.4, -0.2) is 15.7 Å². The van der Waals surface area contributed by atoms with Crippen LogP contribution in [0.25, 0.3) is 11.3 Å². The molecule has 3 nitrogen and oxygen atoms in total. The Balaban J connectivity index is 1.93. The van der Waals surface area contributed by atoms with Gasteiger partial charge in [0.25, 0.3) is 0 Å². The summed E-state index contributed by atoms with van der Waals surface area (Å²) in [5.74, 6) is -0.512. The van der Waals surface area contributed by atoms with E-state index in [0.717, 1.165) is 36.0 Å². The third-order valence-electron chi connectivity index (χ3n) is 5.00. The number of halogens is 3. The van der Waals surface area contributed by atoms with Gasteiger partial charge in [-0.2, -0.15) is 0 Å². The summed E-state index contributed by atoms with van der Waals surface area (Å²) in [6, 6.07) is 3.67. The summed E-state index contributed by atoms with van der Waals surface area (Å²) in [5, 5.41) is 0.538. The zero-order valence-electron chi connectivity index (χ0n) is 12.5. The van der Waals surface area contributed by atoms with Crippen molar-refractivity contribution >= 4 is 34.6 Å². The molecule has 6 heteroatoms. The molecular formula is C17H14Cl2FN3. The first-order valence-electron chi connectivity index (χ1n) is 7.59. The van der Waals surface area contributed by atoms with Gasteiger partial charge >= 0.3 is 0 Å². The van der Waals surface area contributed by atoms with Crippen molar-refractivity contribution in [2.24, 2.45) is 4.99 Å². The van der Waals surface area contributed by atoms with Crippen molar-refractivity contribution in [2.75, 3.05) is 0 Å². The maximum atomic E-state index is 14.1. The van der Waals surface area contributed by atoms with Crippen molar-refractivity contribution in [3.63, 3.8) is 0 Å². The van der Waals surface area contributed by atoms with Crippen LogP contribution in [0.5, 0.6) is 0 Å². The van der Waals surface area contributed by atoms with Crippen LogP contribution in [0.15, 0.2) is 23.3 Å². The van der Waals surface area contributed by atoms with Crippen molar-refractivity contribution in [3.8, 4) is 11.3 Å². The van der Waals surface area contributed by atoms with E-state index in [2.05, 4.69) is 16.9 Å². The molecule has 1 aromatic carbocycles. The second kappa shape index (κ2) is 5.25. The normalized spacial score (nSPS) is 18.3. The molecule has 1 fully saturated rings. The third kappa shape index (κ3) is 2.19. The van der Waals surface area contributed by atoms with Crippen molar-refractivity contribution in [1.82, 2.24) is 9.97 Å². The van der Waals surface area contributed by atoms with E-state index in [9.17, 15) is 4.39 Å². The second-order valence-electron chi connectivity index (χ2n) is 6.18. The minimum absolute atomic E-state index is 0.0148. The highest BCUT2D eigenvalue weighted by molar-refractivity contribution is 6.34. The third-order valence-corrected chi connectivity index (χ3v) is 5.47. The minimum atomic E-state index is -0.512. The molecule has 118 valence electrons. The predicted molar refractivity (Wildman–Crippen MR) is 90.4 cm³/mol. The second-order valence-corrected chi connectivity index (χ2v) is 6.92. The summed E-state index contributed by atoms with van der Waals surface area (Å²) in [6.07, 6.45) is 5.53. The maximum absolute atomic E-state index is 14.1. The molecule has 2 aromatic rings. The SMILES string of the molecule is CC1=Nc2c(Cl)cc(-c3nc(Cl)ncc3F)cc2C12CCCC2. The van der Waals surface area contributed by atoms with Gasteiger partial charge in [0.05, 0.1) is 16.9 Å². The van der Waals surface area contributed by atoms with Gasteiger partial charge in [0.15, 0.2) is 5.82 Å². The summed E-state index contributed by atoms with van der Waals surface area (Å²) >= 11 is 12.3. The lowest BCUT2D eigenvalue weighted by atomic mass is 9.76. The van der Waals surface area contributed by atoms with Crippen LogP contribution in [0.3, 0.4) is 0 Å². The predicted octanol–water partition coefficient (Wildman–Crippen LogP) is 5.51. The number of benzene rings is 1. The average Bonchev–Trinajstić information content (AvgIpc) is 3.11. The van der Waals surface area contributed by atoms with Gasteiger partial charge in [-0.15, -0.1) is 0 Å². The van der Waals surface area contributed by atoms with E-state index in [0.29, 0.717) is 10.6 Å². The maximum Gasteiger partial charge on any atom is 0.223 e. The van der Waals surface area contributed by atoms with E-state index < -0.39 is 5.82 Å². The van der Waals surface area contributed by atoms with Crippen LogP contribution < -0.4 is 0 Å². The summed E-state index contributed by atoms with van der Waals surface area (Å²) in [6.45, 7) is 2.06. The number of fused-ring (bicyclic) bond motifs is 2. The summed E-state index contributed by atoms with van der Waals surface area (Å²) in [4.78, 5) is 12.4.